The van der Waals surface area contributed by atoms with Crippen LogP contribution in [-0.4, -0.2) is 12.6 Å². The molecule has 1 rings (SSSR count). The summed E-state index contributed by atoms with van der Waals surface area (Å²) in [5.74, 6) is 2.52. The second kappa shape index (κ2) is 6.33. The largest absolute Gasteiger partial charge is 0.329 e. The quantitative estimate of drug-likeness (QED) is 0.772. The van der Waals surface area contributed by atoms with Gasteiger partial charge in [0.25, 0.3) is 6.43 Å². The van der Waals surface area contributed by atoms with Crippen LogP contribution in [0.1, 0.15) is 30.5 Å². The van der Waals surface area contributed by atoms with Gasteiger partial charge >= 0.3 is 0 Å². The molecule has 1 aromatic rings. The van der Waals surface area contributed by atoms with Gasteiger partial charge in [-0.25, -0.2) is 8.78 Å². The Bertz CT molecular complexity index is 399. The summed E-state index contributed by atoms with van der Waals surface area (Å²) in [5.41, 5.74) is 6.34. The molecule has 0 bridgehead atoms. The Morgan fingerprint density at radius 1 is 1.41 bits per heavy atom. The standard InChI is InChI=1S/C13H16F2N2/c1-3-9(2)17-12(8-16)10-5-4-6-11(7-10)13(14)15/h1,4-7,9,12-13,17H,8,16H2,2H3. The zero-order chi connectivity index (χ0) is 12.8. The van der Waals surface area contributed by atoms with Crippen molar-refractivity contribution in [3.63, 3.8) is 0 Å². The molecule has 0 aliphatic heterocycles. The number of benzene rings is 1. The average Bonchev–Trinajstić information content (AvgIpc) is 2.35. The fourth-order valence-electron chi connectivity index (χ4n) is 1.56. The summed E-state index contributed by atoms with van der Waals surface area (Å²) in [6.45, 7) is 2.12. The summed E-state index contributed by atoms with van der Waals surface area (Å²) >= 11 is 0. The number of alkyl halides is 2. The summed E-state index contributed by atoms with van der Waals surface area (Å²) in [7, 11) is 0. The van der Waals surface area contributed by atoms with Crippen LogP contribution < -0.4 is 11.1 Å². The predicted molar refractivity (Wildman–Crippen MR) is 64.6 cm³/mol. The third-order valence-corrected chi connectivity index (χ3v) is 2.50. The smallest absolute Gasteiger partial charge is 0.263 e. The Morgan fingerprint density at radius 2 is 2.06 bits per heavy atom. The van der Waals surface area contributed by atoms with Crippen molar-refractivity contribution >= 4 is 0 Å². The van der Waals surface area contributed by atoms with Crippen LogP contribution in [-0.2, 0) is 0 Å². The van der Waals surface area contributed by atoms with Crippen molar-refractivity contribution < 1.29 is 8.78 Å². The molecule has 17 heavy (non-hydrogen) atoms. The van der Waals surface area contributed by atoms with E-state index in [1.54, 1.807) is 12.1 Å². The van der Waals surface area contributed by atoms with Crippen LogP contribution in [0.3, 0.4) is 0 Å². The molecule has 92 valence electrons. The SMILES string of the molecule is C#CC(C)NC(CN)c1cccc(C(F)F)c1. The molecule has 0 fully saturated rings. The zero-order valence-electron chi connectivity index (χ0n) is 9.66. The van der Waals surface area contributed by atoms with Crippen molar-refractivity contribution in [2.24, 2.45) is 5.73 Å². The van der Waals surface area contributed by atoms with E-state index >= 15 is 0 Å². The molecule has 2 atom stereocenters. The molecule has 0 amide bonds. The predicted octanol–water partition coefficient (Wildman–Crippen LogP) is 2.24. The van der Waals surface area contributed by atoms with Crippen molar-refractivity contribution in [2.75, 3.05) is 6.54 Å². The number of halogens is 2. The van der Waals surface area contributed by atoms with Crippen LogP contribution in [0.2, 0.25) is 0 Å². The summed E-state index contributed by atoms with van der Waals surface area (Å²) in [4.78, 5) is 0. The number of nitrogens with one attached hydrogen (secondary N) is 1. The van der Waals surface area contributed by atoms with Gasteiger partial charge in [-0.1, -0.05) is 24.1 Å². The summed E-state index contributed by atoms with van der Waals surface area (Å²) in [6, 6.07) is 5.85. The molecule has 0 radical (unpaired) electrons. The van der Waals surface area contributed by atoms with Gasteiger partial charge in [0.15, 0.2) is 0 Å². The lowest BCUT2D eigenvalue weighted by molar-refractivity contribution is 0.151. The van der Waals surface area contributed by atoms with Gasteiger partial charge in [0.1, 0.15) is 0 Å². The molecule has 0 heterocycles. The van der Waals surface area contributed by atoms with E-state index < -0.39 is 6.43 Å². The molecule has 0 saturated heterocycles. The Hall–Kier alpha value is -1.44. The molecular formula is C13H16F2N2. The van der Waals surface area contributed by atoms with Gasteiger partial charge in [0, 0.05) is 18.2 Å². The molecule has 1 aromatic carbocycles. The number of hydrogen-bond acceptors (Lipinski definition) is 2. The van der Waals surface area contributed by atoms with Crippen LogP contribution in [0.4, 0.5) is 8.78 Å². The van der Waals surface area contributed by atoms with E-state index in [1.165, 1.54) is 12.1 Å². The Kier molecular flexibility index (Phi) is 5.08. The van der Waals surface area contributed by atoms with Crippen molar-refractivity contribution in [2.45, 2.75) is 25.4 Å². The van der Waals surface area contributed by atoms with Gasteiger partial charge in [-0.15, -0.1) is 6.42 Å². The molecule has 0 aromatic heterocycles. The van der Waals surface area contributed by atoms with Crippen molar-refractivity contribution in [1.29, 1.82) is 0 Å². The maximum absolute atomic E-state index is 12.6. The van der Waals surface area contributed by atoms with E-state index in [1.807, 2.05) is 6.92 Å². The third kappa shape index (κ3) is 3.81. The van der Waals surface area contributed by atoms with Crippen molar-refractivity contribution in [1.82, 2.24) is 5.32 Å². The zero-order valence-corrected chi connectivity index (χ0v) is 9.66. The highest BCUT2D eigenvalue weighted by Gasteiger charge is 2.14. The molecule has 3 N–H and O–H groups in total. The minimum Gasteiger partial charge on any atom is -0.329 e. The Balaban J connectivity index is 2.88. The van der Waals surface area contributed by atoms with E-state index in [2.05, 4.69) is 11.2 Å². The van der Waals surface area contributed by atoms with Crippen LogP contribution >= 0.6 is 0 Å². The minimum atomic E-state index is -2.47. The molecular weight excluding hydrogens is 222 g/mol. The van der Waals surface area contributed by atoms with E-state index in [9.17, 15) is 8.78 Å². The molecule has 2 nitrogen and oxygen atoms in total. The second-order valence-corrected chi connectivity index (χ2v) is 3.81. The average molecular weight is 238 g/mol. The van der Waals surface area contributed by atoms with Crippen LogP contribution in [0, 0.1) is 12.3 Å². The summed E-state index contributed by atoms with van der Waals surface area (Å²) in [5, 5.41) is 3.09. The molecule has 4 heteroatoms. The minimum absolute atomic E-state index is 0.00360. The number of terminal acetylenes is 1. The van der Waals surface area contributed by atoms with Gasteiger partial charge < -0.3 is 5.73 Å². The normalized spacial score (nSPS) is 14.4. The lowest BCUT2D eigenvalue weighted by Crippen LogP contribution is -2.34. The highest BCUT2D eigenvalue weighted by atomic mass is 19.3. The topological polar surface area (TPSA) is 38.0 Å². The first-order chi connectivity index (χ1) is 8.08. The highest BCUT2D eigenvalue weighted by Crippen LogP contribution is 2.22. The third-order valence-electron chi connectivity index (χ3n) is 2.50. The van der Waals surface area contributed by atoms with Gasteiger partial charge in [-0.05, 0) is 18.6 Å². The number of rotatable bonds is 5. The van der Waals surface area contributed by atoms with E-state index in [4.69, 9.17) is 12.2 Å². The molecule has 2 unspecified atom stereocenters. The number of hydrogen-bond donors (Lipinski definition) is 2. The fraction of sp³-hybridized carbons (Fsp3) is 0.385. The van der Waals surface area contributed by atoms with E-state index in [0.29, 0.717) is 6.54 Å². The monoisotopic (exact) mass is 238 g/mol. The molecule has 0 saturated carbocycles. The van der Waals surface area contributed by atoms with Crippen molar-refractivity contribution in [3.8, 4) is 12.3 Å². The lowest BCUT2D eigenvalue weighted by Gasteiger charge is -2.20. The van der Waals surface area contributed by atoms with Crippen LogP contribution in [0.25, 0.3) is 0 Å². The first-order valence-corrected chi connectivity index (χ1v) is 5.38. The van der Waals surface area contributed by atoms with Gasteiger partial charge in [0.2, 0.25) is 0 Å². The van der Waals surface area contributed by atoms with E-state index in [-0.39, 0.29) is 17.6 Å². The Labute approximate surface area is 100 Å². The molecule has 0 aliphatic rings. The molecule has 0 spiro atoms. The van der Waals surface area contributed by atoms with Crippen LogP contribution in [0.5, 0.6) is 0 Å². The van der Waals surface area contributed by atoms with Gasteiger partial charge in [-0.2, -0.15) is 0 Å². The fourth-order valence-corrected chi connectivity index (χ4v) is 1.56. The molecule has 0 aliphatic carbocycles. The summed E-state index contributed by atoms with van der Waals surface area (Å²) in [6.07, 6.45) is 2.78. The van der Waals surface area contributed by atoms with Gasteiger partial charge in [-0.3, -0.25) is 5.32 Å². The number of nitrogens with two attached hydrogens (primary N) is 1. The van der Waals surface area contributed by atoms with Crippen LogP contribution in [0.15, 0.2) is 24.3 Å². The van der Waals surface area contributed by atoms with E-state index in [0.717, 1.165) is 5.56 Å². The maximum Gasteiger partial charge on any atom is 0.263 e. The lowest BCUT2D eigenvalue weighted by atomic mass is 10.0. The first kappa shape index (κ1) is 13.6. The Morgan fingerprint density at radius 3 is 2.59 bits per heavy atom. The highest BCUT2D eigenvalue weighted by molar-refractivity contribution is 5.27. The maximum atomic E-state index is 12.6. The summed E-state index contributed by atoms with van der Waals surface area (Å²) < 4.78 is 25.1. The first-order valence-electron chi connectivity index (χ1n) is 5.38. The van der Waals surface area contributed by atoms with Crippen molar-refractivity contribution in [3.05, 3.63) is 35.4 Å². The van der Waals surface area contributed by atoms with Gasteiger partial charge in [0.05, 0.1) is 6.04 Å². The second-order valence-electron chi connectivity index (χ2n) is 3.81.